The van der Waals surface area contributed by atoms with Crippen LogP contribution in [0.1, 0.15) is 67.4 Å². The van der Waals surface area contributed by atoms with Crippen LogP contribution in [0.2, 0.25) is 5.02 Å². The smallest absolute Gasteiger partial charge is 0.251 e. The highest BCUT2D eigenvalue weighted by molar-refractivity contribution is 6.34. The topological polar surface area (TPSA) is 74.2 Å². The molecule has 2 aromatic carbocycles. The second-order valence-electron chi connectivity index (χ2n) is 11.0. The van der Waals surface area contributed by atoms with Gasteiger partial charge in [-0.2, -0.15) is 0 Å². The molecule has 2 aliphatic rings. The van der Waals surface area contributed by atoms with Gasteiger partial charge < -0.3 is 15.0 Å². The second-order valence-corrected chi connectivity index (χ2v) is 11.8. The molecule has 0 bridgehead atoms. The van der Waals surface area contributed by atoms with Crippen molar-refractivity contribution in [2.24, 2.45) is 4.99 Å². The van der Waals surface area contributed by atoms with E-state index in [1.54, 1.807) is 20.1 Å². The Labute approximate surface area is 253 Å². The predicted octanol–water partition coefficient (Wildman–Crippen LogP) is 6.54. The number of carbonyl (C=O) groups is 2. The van der Waals surface area contributed by atoms with Crippen LogP contribution in [0.3, 0.4) is 0 Å². The number of hydrogen-bond donors (Lipinski definition) is 1. The van der Waals surface area contributed by atoms with Crippen molar-refractivity contribution >= 4 is 46.3 Å². The van der Waals surface area contributed by atoms with Crippen LogP contribution in [0.4, 0.5) is 5.69 Å². The van der Waals surface area contributed by atoms with Gasteiger partial charge in [0.05, 0.1) is 12.7 Å². The van der Waals surface area contributed by atoms with Gasteiger partial charge in [0.1, 0.15) is 10.9 Å². The van der Waals surface area contributed by atoms with Crippen LogP contribution in [0.15, 0.2) is 52.1 Å². The third-order valence-electron chi connectivity index (χ3n) is 8.25. The zero-order valence-electron chi connectivity index (χ0n) is 24.6. The number of ketones is 1. The summed E-state index contributed by atoms with van der Waals surface area (Å²) in [5, 5.41) is 3.51. The monoisotopic (exact) mass is 598 g/mol. The molecule has 0 atom stereocenters. The van der Waals surface area contributed by atoms with E-state index in [-0.39, 0.29) is 29.8 Å². The summed E-state index contributed by atoms with van der Waals surface area (Å²) in [7, 11) is 3.90. The van der Waals surface area contributed by atoms with Gasteiger partial charge in [-0.15, -0.1) is 0 Å². The molecular formula is C32H40Cl2N4O3. The first-order valence-corrected chi connectivity index (χ1v) is 15.0. The largest absolute Gasteiger partial charge is 0.497 e. The summed E-state index contributed by atoms with van der Waals surface area (Å²) in [6.45, 7) is 7.59. The molecule has 0 saturated heterocycles. The molecule has 2 aromatic rings. The van der Waals surface area contributed by atoms with Crippen molar-refractivity contribution in [1.29, 1.82) is 0 Å². The minimum Gasteiger partial charge on any atom is -0.497 e. The summed E-state index contributed by atoms with van der Waals surface area (Å²) in [6, 6.07) is 12.8. The number of Topliss-reactive ketones (excluding diaryl/α,β-unsaturated/α-hetero) is 1. The summed E-state index contributed by atoms with van der Waals surface area (Å²) in [5.74, 6) is 0.477. The number of carbonyl (C=O) groups excluding carboxylic acids is 2. The Balaban J connectivity index is 1.43. The molecule has 1 aliphatic heterocycles. The Hall–Kier alpha value is -2.87. The number of aliphatic imine (C=N–C) groups is 1. The van der Waals surface area contributed by atoms with E-state index in [4.69, 9.17) is 27.9 Å². The highest BCUT2D eigenvalue weighted by Crippen LogP contribution is 2.34. The zero-order chi connectivity index (χ0) is 29.7. The van der Waals surface area contributed by atoms with E-state index in [9.17, 15) is 9.59 Å². The quantitative estimate of drug-likeness (QED) is 0.314. The molecule has 0 spiro atoms. The molecule has 1 fully saturated rings. The Morgan fingerprint density at radius 3 is 2.46 bits per heavy atom. The van der Waals surface area contributed by atoms with E-state index in [1.807, 2.05) is 25.1 Å². The van der Waals surface area contributed by atoms with Gasteiger partial charge >= 0.3 is 0 Å². The van der Waals surface area contributed by atoms with Crippen LogP contribution in [-0.4, -0.2) is 61.6 Å². The second kappa shape index (κ2) is 13.9. The van der Waals surface area contributed by atoms with E-state index in [0.717, 1.165) is 55.8 Å². The fourth-order valence-corrected chi connectivity index (χ4v) is 6.52. The first-order valence-electron chi connectivity index (χ1n) is 14.2. The average molecular weight is 600 g/mol. The van der Waals surface area contributed by atoms with Gasteiger partial charge in [0.15, 0.2) is 5.78 Å². The Kier molecular flexibility index (Phi) is 10.5. The molecular weight excluding hydrogens is 559 g/mol. The van der Waals surface area contributed by atoms with E-state index in [1.165, 1.54) is 5.56 Å². The lowest BCUT2D eigenvalue weighted by molar-refractivity contribution is -0.114. The van der Waals surface area contributed by atoms with Gasteiger partial charge in [0.2, 0.25) is 0 Å². The molecule has 1 saturated carbocycles. The summed E-state index contributed by atoms with van der Waals surface area (Å²) < 4.78 is 5.39. The Bertz CT molecular complexity index is 1350. The highest BCUT2D eigenvalue weighted by atomic mass is 35.5. The van der Waals surface area contributed by atoms with Crippen LogP contribution >= 0.6 is 23.2 Å². The third kappa shape index (κ3) is 7.51. The van der Waals surface area contributed by atoms with Crippen molar-refractivity contribution in [3.05, 3.63) is 68.8 Å². The maximum atomic E-state index is 13.3. The number of nitrogens with zero attached hydrogens (tertiary/aromatic N) is 3. The maximum absolute atomic E-state index is 13.3. The van der Waals surface area contributed by atoms with Crippen LogP contribution in [-0.2, 0) is 11.3 Å². The number of amides is 1. The molecule has 0 radical (unpaired) electrons. The maximum Gasteiger partial charge on any atom is 0.251 e. The zero-order valence-corrected chi connectivity index (χ0v) is 26.1. The predicted molar refractivity (Wildman–Crippen MR) is 168 cm³/mol. The number of ether oxygens (including phenoxy) is 1. The molecule has 1 amide bonds. The third-order valence-corrected chi connectivity index (χ3v) is 8.78. The number of nitrogens with one attached hydrogen (secondary N) is 1. The number of anilines is 1. The van der Waals surface area contributed by atoms with Gasteiger partial charge in [-0.1, -0.05) is 35.3 Å². The van der Waals surface area contributed by atoms with Gasteiger partial charge in [-0.05, 0) is 88.9 Å². The lowest BCUT2D eigenvalue weighted by Gasteiger charge is -2.41. The molecule has 0 unspecified atom stereocenters. The fraction of sp³-hybridized carbons (Fsp3) is 0.469. The minimum absolute atomic E-state index is 0.0271. The molecule has 9 heteroatoms. The Morgan fingerprint density at radius 1 is 1.10 bits per heavy atom. The Morgan fingerprint density at radius 2 is 1.80 bits per heavy atom. The summed E-state index contributed by atoms with van der Waals surface area (Å²) >= 11 is 12.8. The van der Waals surface area contributed by atoms with E-state index in [0.29, 0.717) is 34.0 Å². The van der Waals surface area contributed by atoms with Crippen LogP contribution in [0.5, 0.6) is 5.75 Å². The SMILES string of the molecule is CCN(c1cc(Cl)cc(C(=O)NCC2=C(Cl)N=C(C)CC2=O)c1C)[C@H]1CC[C@H](N(C)Cc2cccc(OC)c2)CC1. The first-order chi connectivity index (χ1) is 19.6. The number of halogens is 2. The molecule has 7 nitrogen and oxygen atoms in total. The van der Waals surface area contributed by atoms with Crippen molar-refractivity contribution in [2.45, 2.75) is 71.5 Å². The van der Waals surface area contributed by atoms with Crippen LogP contribution < -0.4 is 15.0 Å². The molecule has 0 aromatic heterocycles. The van der Waals surface area contributed by atoms with Crippen molar-refractivity contribution in [2.75, 3.05) is 32.1 Å². The number of hydrogen-bond acceptors (Lipinski definition) is 6. The van der Waals surface area contributed by atoms with Crippen LogP contribution in [0.25, 0.3) is 0 Å². The van der Waals surface area contributed by atoms with Crippen LogP contribution in [0, 0.1) is 6.92 Å². The van der Waals surface area contributed by atoms with E-state index < -0.39 is 0 Å². The summed E-state index contributed by atoms with van der Waals surface area (Å²) in [6.07, 6.45) is 4.53. The number of methoxy groups -OCH3 is 1. The van der Waals surface area contributed by atoms with Gasteiger partial charge in [-0.3, -0.25) is 14.5 Å². The number of rotatable bonds is 10. The van der Waals surface area contributed by atoms with Crippen molar-refractivity contribution < 1.29 is 14.3 Å². The van der Waals surface area contributed by atoms with Gasteiger partial charge in [0.25, 0.3) is 5.91 Å². The van der Waals surface area contributed by atoms with Crippen molar-refractivity contribution in [3.63, 3.8) is 0 Å². The molecule has 1 heterocycles. The summed E-state index contributed by atoms with van der Waals surface area (Å²) in [5.41, 5.74) is 4.59. The summed E-state index contributed by atoms with van der Waals surface area (Å²) in [4.78, 5) is 34.7. The first kappa shape index (κ1) is 31.1. The molecule has 41 heavy (non-hydrogen) atoms. The van der Waals surface area contributed by atoms with Crippen molar-refractivity contribution in [1.82, 2.24) is 10.2 Å². The molecule has 220 valence electrons. The van der Waals surface area contributed by atoms with Gasteiger partial charge in [-0.25, -0.2) is 4.99 Å². The van der Waals surface area contributed by atoms with Crippen molar-refractivity contribution in [3.8, 4) is 5.75 Å². The lowest BCUT2D eigenvalue weighted by atomic mass is 9.88. The molecule has 4 rings (SSSR count). The highest BCUT2D eigenvalue weighted by Gasteiger charge is 2.29. The lowest BCUT2D eigenvalue weighted by Crippen LogP contribution is -2.43. The minimum atomic E-state index is -0.291. The van der Waals surface area contributed by atoms with Gasteiger partial charge in [0, 0.05) is 60.1 Å². The number of benzene rings is 2. The van der Waals surface area contributed by atoms with E-state index >= 15 is 0 Å². The normalized spacial score (nSPS) is 19.3. The molecule has 1 N–H and O–H groups in total. The standard InChI is InChI=1S/C32H40Cl2N4O3/c1-6-38(25-12-10-24(11-13-25)37(4)19-22-8-7-9-26(15-22)41-5)29-17-23(33)16-27(21(29)3)32(40)35-18-28-30(39)14-20(2)36-31(28)34/h7-9,15-17,24-25H,6,10-14,18-19H2,1-5H3,(H,35,40)/t24-,25-. The molecule has 1 aliphatic carbocycles. The average Bonchev–Trinajstić information content (AvgIpc) is 2.94. The van der Waals surface area contributed by atoms with E-state index in [2.05, 4.69) is 46.2 Å². The fourth-order valence-electron chi connectivity index (χ4n) is 5.99.